The van der Waals surface area contributed by atoms with Gasteiger partial charge in [-0.15, -0.1) is 0 Å². The number of carboxylic acid groups (broad SMARTS) is 1. The van der Waals surface area contributed by atoms with Crippen LogP contribution < -0.4 is 5.32 Å². The summed E-state index contributed by atoms with van der Waals surface area (Å²) in [6, 6.07) is 1.02. The van der Waals surface area contributed by atoms with E-state index in [1.165, 1.54) is 6.07 Å². The van der Waals surface area contributed by atoms with Crippen LogP contribution in [-0.2, 0) is 4.79 Å². The molecule has 1 aromatic rings. The number of aliphatic hydroxyl groups excluding tert-OH is 1. The van der Waals surface area contributed by atoms with E-state index in [1.54, 1.807) is 0 Å². The van der Waals surface area contributed by atoms with Crippen LogP contribution in [0.5, 0.6) is 0 Å². The number of amides is 1. The molecule has 0 aromatic carbocycles. The Morgan fingerprint density at radius 3 is 2.61 bits per heavy atom. The zero-order chi connectivity index (χ0) is 13.7. The Labute approximate surface area is 101 Å². The maximum absolute atomic E-state index is 11.6. The third-order valence-electron chi connectivity index (χ3n) is 2.13. The average molecular weight is 257 g/mol. The van der Waals surface area contributed by atoms with E-state index in [0.717, 1.165) is 6.07 Å². The molecular formula is C9H11N3O6. The van der Waals surface area contributed by atoms with Gasteiger partial charge in [-0.3, -0.25) is 4.79 Å². The third-order valence-corrected chi connectivity index (χ3v) is 2.13. The van der Waals surface area contributed by atoms with Gasteiger partial charge in [-0.25, -0.2) is 9.78 Å². The van der Waals surface area contributed by atoms with Crippen LogP contribution in [0, 0.1) is 10.1 Å². The average Bonchev–Trinajstić information content (AvgIpc) is 2.77. The molecule has 9 nitrogen and oxygen atoms in total. The number of aliphatic hydroxyl groups is 1. The van der Waals surface area contributed by atoms with E-state index in [9.17, 15) is 19.7 Å². The maximum atomic E-state index is 11.6. The summed E-state index contributed by atoms with van der Waals surface area (Å²) in [4.78, 5) is 34.2. The first-order valence-electron chi connectivity index (χ1n) is 4.93. The number of rotatable bonds is 6. The highest BCUT2D eigenvalue weighted by atomic mass is 16.6. The molecule has 0 bridgehead atoms. The van der Waals surface area contributed by atoms with E-state index in [-0.39, 0.29) is 17.9 Å². The second-order valence-corrected chi connectivity index (χ2v) is 3.39. The Morgan fingerprint density at radius 2 is 2.17 bits per heavy atom. The Morgan fingerprint density at radius 1 is 1.50 bits per heavy atom. The molecule has 0 aliphatic heterocycles. The van der Waals surface area contributed by atoms with Gasteiger partial charge in [0.2, 0.25) is 0 Å². The SMILES string of the molecule is O=C(NC(CCO)C(=O)O)c1ccc([N+](=O)[O-])[nH]1. The third kappa shape index (κ3) is 3.28. The summed E-state index contributed by atoms with van der Waals surface area (Å²) in [5.74, 6) is -2.45. The lowest BCUT2D eigenvalue weighted by Gasteiger charge is -2.11. The largest absolute Gasteiger partial charge is 0.480 e. The molecule has 0 radical (unpaired) electrons. The molecule has 0 aliphatic rings. The topological polar surface area (TPSA) is 146 Å². The lowest BCUT2D eigenvalue weighted by molar-refractivity contribution is -0.389. The van der Waals surface area contributed by atoms with Crippen molar-refractivity contribution in [1.29, 1.82) is 0 Å². The molecule has 0 saturated heterocycles. The van der Waals surface area contributed by atoms with Crippen molar-refractivity contribution in [1.82, 2.24) is 10.3 Å². The van der Waals surface area contributed by atoms with Crippen molar-refractivity contribution in [3.63, 3.8) is 0 Å². The maximum Gasteiger partial charge on any atom is 0.326 e. The Kier molecular flexibility index (Phi) is 4.38. The highest BCUT2D eigenvalue weighted by Crippen LogP contribution is 2.10. The second-order valence-electron chi connectivity index (χ2n) is 3.39. The monoisotopic (exact) mass is 257 g/mol. The molecule has 1 amide bonds. The number of nitrogens with zero attached hydrogens (tertiary/aromatic N) is 1. The van der Waals surface area contributed by atoms with Crippen LogP contribution in [0.15, 0.2) is 12.1 Å². The summed E-state index contributed by atoms with van der Waals surface area (Å²) in [6.45, 7) is -0.401. The van der Waals surface area contributed by atoms with Gasteiger partial charge in [0.15, 0.2) is 5.69 Å². The van der Waals surface area contributed by atoms with Crippen LogP contribution >= 0.6 is 0 Å². The van der Waals surface area contributed by atoms with Crippen LogP contribution in [0.1, 0.15) is 16.9 Å². The van der Waals surface area contributed by atoms with Crippen LogP contribution in [0.4, 0.5) is 5.82 Å². The van der Waals surface area contributed by atoms with Crippen molar-refractivity contribution in [2.75, 3.05) is 6.61 Å². The summed E-state index contributed by atoms with van der Waals surface area (Å²) >= 11 is 0. The molecule has 1 unspecified atom stereocenters. The van der Waals surface area contributed by atoms with E-state index in [4.69, 9.17) is 10.2 Å². The van der Waals surface area contributed by atoms with Crippen molar-refractivity contribution in [2.45, 2.75) is 12.5 Å². The minimum atomic E-state index is -1.29. The molecule has 1 rings (SSSR count). The van der Waals surface area contributed by atoms with Crippen molar-refractivity contribution >= 4 is 17.7 Å². The minimum absolute atomic E-state index is 0.120. The van der Waals surface area contributed by atoms with Crippen LogP contribution in [0.25, 0.3) is 0 Å². The summed E-state index contributed by atoms with van der Waals surface area (Å²) in [5.41, 5.74) is -0.120. The number of hydrogen-bond donors (Lipinski definition) is 4. The van der Waals surface area contributed by atoms with E-state index in [2.05, 4.69) is 10.3 Å². The van der Waals surface area contributed by atoms with Crippen molar-refractivity contribution in [3.8, 4) is 0 Å². The smallest absolute Gasteiger partial charge is 0.326 e. The summed E-state index contributed by atoms with van der Waals surface area (Å²) in [5, 5.41) is 29.9. The highest BCUT2D eigenvalue weighted by Gasteiger charge is 2.22. The van der Waals surface area contributed by atoms with E-state index in [0.29, 0.717) is 0 Å². The molecule has 0 saturated carbocycles. The number of aromatic nitrogens is 1. The fourth-order valence-electron chi connectivity index (χ4n) is 1.25. The molecule has 1 heterocycles. The summed E-state index contributed by atoms with van der Waals surface area (Å²) in [6.07, 6.45) is -0.149. The molecule has 1 aromatic heterocycles. The van der Waals surface area contributed by atoms with Crippen molar-refractivity contribution < 1.29 is 24.7 Å². The summed E-state index contributed by atoms with van der Waals surface area (Å²) in [7, 11) is 0. The molecule has 0 fully saturated rings. The highest BCUT2D eigenvalue weighted by molar-refractivity contribution is 5.95. The van der Waals surface area contributed by atoms with Crippen molar-refractivity contribution in [3.05, 3.63) is 27.9 Å². The first kappa shape index (κ1) is 13.6. The normalized spacial score (nSPS) is 11.8. The van der Waals surface area contributed by atoms with E-state index < -0.39 is 29.4 Å². The standard InChI is InChI=1S/C9H11N3O6/c13-4-3-6(9(15)16)11-8(14)5-1-2-7(10-5)12(17)18/h1-2,6,10,13H,3-4H2,(H,11,14)(H,15,16). The van der Waals surface area contributed by atoms with E-state index >= 15 is 0 Å². The van der Waals surface area contributed by atoms with Gasteiger partial charge in [0.25, 0.3) is 5.91 Å². The van der Waals surface area contributed by atoms with Gasteiger partial charge in [0, 0.05) is 19.1 Å². The fourth-order valence-corrected chi connectivity index (χ4v) is 1.25. The van der Waals surface area contributed by atoms with Crippen LogP contribution in [0.2, 0.25) is 0 Å². The predicted octanol–water partition coefficient (Wildman–Crippen LogP) is -0.512. The first-order valence-corrected chi connectivity index (χ1v) is 4.93. The van der Waals surface area contributed by atoms with E-state index in [1.807, 2.05) is 0 Å². The number of aliphatic carboxylic acids is 1. The molecule has 4 N–H and O–H groups in total. The number of carbonyl (C=O) groups is 2. The van der Waals surface area contributed by atoms with Crippen LogP contribution in [0.3, 0.4) is 0 Å². The lowest BCUT2D eigenvalue weighted by Crippen LogP contribution is -2.41. The predicted molar refractivity (Wildman–Crippen MR) is 58.0 cm³/mol. The number of H-pyrrole nitrogens is 1. The van der Waals surface area contributed by atoms with Gasteiger partial charge in [-0.05, 0) is 11.0 Å². The van der Waals surface area contributed by atoms with Gasteiger partial charge in [-0.1, -0.05) is 0 Å². The lowest BCUT2D eigenvalue weighted by atomic mass is 10.2. The molecule has 18 heavy (non-hydrogen) atoms. The molecular weight excluding hydrogens is 246 g/mol. The zero-order valence-electron chi connectivity index (χ0n) is 9.12. The minimum Gasteiger partial charge on any atom is -0.480 e. The number of hydrogen-bond acceptors (Lipinski definition) is 5. The quantitative estimate of drug-likeness (QED) is 0.398. The number of carbonyl (C=O) groups excluding carboxylic acids is 1. The number of aromatic amines is 1. The van der Waals surface area contributed by atoms with Gasteiger partial charge in [0.1, 0.15) is 6.04 Å². The van der Waals surface area contributed by atoms with Crippen LogP contribution in [-0.4, -0.2) is 44.6 Å². The molecule has 0 spiro atoms. The zero-order valence-corrected chi connectivity index (χ0v) is 9.12. The number of nitro groups is 1. The molecule has 9 heteroatoms. The number of nitrogens with one attached hydrogen (secondary N) is 2. The second kappa shape index (κ2) is 5.77. The Bertz CT molecular complexity index is 469. The molecule has 1 atom stereocenters. The van der Waals surface area contributed by atoms with Gasteiger partial charge < -0.3 is 25.6 Å². The van der Waals surface area contributed by atoms with Crippen molar-refractivity contribution in [2.24, 2.45) is 0 Å². The number of carboxylic acids is 1. The fraction of sp³-hybridized carbons (Fsp3) is 0.333. The van der Waals surface area contributed by atoms with Gasteiger partial charge in [0.05, 0.1) is 0 Å². The summed E-state index contributed by atoms with van der Waals surface area (Å²) < 4.78 is 0. The molecule has 0 aliphatic carbocycles. The van der Waals surface area contributed by atoms with Gasteiger partial charge in [-0.2, -0.15) is 0 Å². The Hall–Kier alpha value is -2.42. The first-order chi connectivity index (χ1) is 8.45. The molecule has 98 valence electrons. The van der Waals surface area contributed by atoms with Gasteiger partial charge >= 0.3 is 11.8 Å². The Balaban J connectivity index is 2.74.